The maximum atomic E-state index is 12.1. The third-order valence-corrected chi connectivity index (χ3v) is 3.91. The molecule has 0 heterocycles. The molecule has 0 saturated carbocycles. The Morgan fingerprint density at radius 1 is 1.00 bits per heavy atom. The first-order valence-corrected chi connectivity index (χ1v) is 7.86. The first kappa shape index (κ1) is 17.0. The van der Waals surface area contributed by atoms with E-state index in [0.29, 0.717) is 22.3 Å². The Morgan fingerprint density at radius 3 is 2.26 bits per heavy atom. The van der Waals surface area contributed by atoms with Gasteiger partial charge in [-0.05, 0) is 48.2 Å². The first-order valence-electron chi connectivity index (χ1n) is 7.48. The minimum Gasteiger partial charge on any atom is -0.318 e. The van der Waals surface area contributed by atoms with Crippen molar-refractivity contribution in [3.05, 3.63) is 59.1 Å². The van der Waals surface area contributed by atoms with Gasteiger partial charge in [-0.1, -0.05) is 43.6 Å². The van der Waals surface area contributed by atoms with Gasteiger partial charge in [0.2, 0.25) is 0 Å². The summed E-state index contributed by atoms with van der Waals surface area (Å²) in [5.74, 6) is -1.12. The Hall–Kier alpha value is -2.33. The summed E-state index contributed by atoms with van der Waals surface area (Å²) < 4.78 is 0. The molecule has 0 aromatic heterocycles. The van der Waals surface area contributed by atoms with Crippen molar-refractivity contribution in [3.63, 3.8) is 0 Å². The van der Waals surface area contributed by atoms with E-state index in [1.54, 1.807) is 30.3 Å². The van der Waals surface area contributed by atoms with Gasteiger partial charge < -0.3 is 10.6 Å². The van der Waals surface area contributed by atoms with Crippen LogP contribution in [0.3, 0.4) is 0 Å². The molecule has 0 spiro atoms. The summed E-state index contributed by atoms with van der Waals surface area (Å²) in [6, 6.07) is 14.1. The van der Waals surface area contributed by atoms with E-state index in [4.69, 9.17) is 11.6 Å². The number of anilines is 2. The number of hydrogen-bond acceptors (Lipinski definition) is 2. The number of amides is 2. The highest BCUT2D eigenvalue weighted by atomic mass is 35.5. The molecule has 2 amide bonds. The third-order valence-electron chi connectivity index (χ3n) is 3.66. The molecular weight excluding hydrogens is 312 g/mol. The molecule has 4 nitrogen and oxygen atoms in total. The fourth-order valence-electron chi connectivity index (χ4n) is 2.16. The Kier molecular flexibility index (Phi) is 5.77. The number of nitrogens with one attached hydrogen (secondary N) is 2. The van der Waals surface area contributed by atoms with Crippen molar-refractivity contribution < 1.29 is 9.59 Å². The fraction of sp³-hybridized carbons (Fsp3) is 0.222. The Bertz CT molecular complexity index is 698. The molecule has 1 atom stereocenters. The van der Waals surface area contributed by atoms with E-state index in [2.05, 4.69) is 24.5 Å². The number of para-hydroxylation sites is 1. The number of carbonyl (C=O) groups excluding carboxylic acids is 2. The van der Waals surface area contributed by atoms with E-state index in [-0.39, 0.29) is 0 Å². The summed E-state index contributed by atoms with van der Waals surface area (Å²) in [5.41, 5.74) is 2.20. The topological polar surface area (TPSA) is 58.2 Å². The zero-order valence-corrected chi connectivity index (χ0v) is 13.9. The molecule has 2 N–H and O–H groups in total. The highest BCUT2D eigenvalue weighted by molar-refractivity contribution is 6.43. The molecule has 0 aliphatic heterocycles. The average Bonchev–Trinajstić information content (AvgIpc) is 2.56. The summed E-state index contributed by atoms with van der Waals surface area (Å²) in [6.45, 7) is 4.16. The normalized spacial score (nSPS) is 11.6. The molecule has 5 heteroatoms. The van der Waals surface area contributed by atoms with Gasteiger partial charge in [0.05, 0.1) is 0 Å². The third kappa shape index (κ3) is 4.57. The van der Waals surface area contributed by atoms with Crippen LogP contribution in [0.5, 0.6) is 0 Å². The second-order valence-electron chi connectivity index (χ2n) is 5.31. The number of benzene rings is 2. The lowest BCUT2D eigenvalue weighted by Crippen LogP contribution is -2.29. The van der Waals surface area contributed by atoms with Crippen LogP contribution in [0.2, 0.25) is 5.02 Å². The van der Waals surface area contributed by atoms with Gasteiger partial charge in [0, 0.05) is 16.4 Å². The van der Waals surface area contributed by atoms with Crippen LogP contribution < -0.4 is 10.6 Å². The Labute approximate surface area is 140 Å². The van der Waals surface area contributed by atoms with Gasteiger partial charge in [0.1, 0.15) is 0 Å². The molecule has 120 valence electrons. The van der Waals surface area contributed by atoms with Gasteiger partial charge in [-0.25, -0.2) is 0 Å². The zero-order chi connectivity index (χ0) is 16.8. The van der Waals surface area contributed by atoms with Crippen LogP contribution in [0.1, 0.15) is 31.7 Å². The van der Waals surface area contributed by atoms with Gasteiger partial charge >= 0.3 is 11.8 Å². The summed E-state index contributed by atoms with van der Waals surface area (Å²) in [6.07, 6.45) is 0.948. The van der Waals surface area contributed by atoms with Crippen molar-refractivity contribution in [1.82, 2.24) is 0 Å². The monoisotopic (exact) mass is 330 g/mol. The second-order valence-corrected chi connectivity index (χ2v) is 5.75. The SMILES string of the molecule is CCC(C)c1ccccc1NC(=O)C(=O)Nc1ccc(Cl)cc1. The number of carbonyl (C=O) groups is 2. The second kappa shape index (κ2) is 7.79. The van der Waals surface area contributed by atoms with Crippen molar-refractivity contribution in [2.45, 2.75) is 26.2 Å². The molecule has 23 heavy (non-hydrogen) atoms. The van der Waals surface area contributed by atoms with Crippen molar-refractivity contribution >= 4 is 34.8 Å². The summed E-state index contributed by atoms with van der Waals surface area (Å²) in [4.78, 5) is 24.1. The maximum Gasteiger partial charge on any atom is 0.314 e. The van der Waals surface area contributed by atoms with Crippen LogP contribution in [0.4, 0.5) is 11.4 Å². The van der Waals surface area contributed by atoms with Gasteiger partial charge in [0.15, 0.2) is 0 Å². The van der Waals surface area contributed by atoms with E-state index in [1.807, 2.05) is 18.2 Å². The number of hydrogen-bond donors (Lipinski definition) is 2. The molecule has 2 aromatic carbocycles. The van der Waals surface area contributed by atoms with E-state index in [9.17, 15) is 9.59 Å². The summed E-state index contributed by atoms with van der Waals surface area (Å²) in [5, 5.41) is 5.79. The predicted octanol–water partition coefficient (Wildman–Crippen LogP) is 4.43. The van der Waals surface area contributed by atoms with Crippen molar-refractivity contribution in [3.8, 4) is 0 Å². The van der Waals surface area contributed by atoms with Gasteiger partial charge in [-0.15, -0.1) is 0 Å². The molecule has 0 radical (unpaired) electrons. The molecule has 0 saturated heterocycles. The maximum absolute atomic E-state index is 12.1. The highest BCUT2D eigenvalue weighted by Gasteiger charge is 2.17. The van der Waals surface area contributed by atoms with E-state index < -0.39 is 11.8 Å². The fourth-order valence-corrected chi connectivity index (χ4v) is 2.29. The zero-order valence-electron chi connectivity index (χ0n) is 13.1. The lowest BCUT2D eigenvalue weighted by molar-refractivity contribution is -0.133. The van der Waals surface area contributed by atoms with E-state index in [0.717, 1.165) is 12.0 Å². The van der Waals surface area contributed by atoms with Crippen molar-refractivity contribution in [2.75, 3.05) is 10.6 Å². The summed E-state index contributed by atoms with van der Waals surface area (Å²) >= 11 is 5.79. The molecular formula is C18H19ClN2O2. The van der Waals surface area contributed by atoms with Crippen LogP contribution in [0, 0.1) is 0 Å². The predicted molar refractivity (Wildman–Crippen MR) is 93.9 cm³/mol. The van der Waals surface area contributed by atoms with Crippen LogP contribution in [0.25, 0.3) is 0 Å². The molecule has 0 fully saturated rings. The quantitative estimate of drug-likeness (QED) is 0.815. The Morgan fingerprint density at radius 2 is 1.61 bits per heavy atom. The van der Waals surface area contributed by atoms with Crippen LogP contribution >= 0.6 is 11.6 Å². The van der Waals surface area contributed by atoms with Crippen molar-refractivity contribution in [1.29, 1.82) is 0 Å². The number of rotatable bonds is 4. The molecule has 0 aliphatic rings. The molecule has 2 rings (SSSR count). The first-order chi connectivity index (χ1) is 11.0. The molecule has 2 aromatic rings. The molecule has 0 aliphatic carbocycles. The minimum atomic E-state index is -0.716. The van der Waals surface area contributed by atoms with Crippen LogP contribution in [-0.4, -0.2) is 11.8 Å². The molecule has 1 unspecified atom stereocenters. The smallest absolute Gasteiger partial charge is 0.314 e. The van der Waals surface area contributed by atoms with E-state index >= 15 is 0 Å². The highest BCUT2D eigenvalue weighted by Crippen LogP contribution is 2.26. The minimum absolute atomic E-state index is 0.297. The molecule has 0 bridgehead atoms. The van der Waals surface area contributed by atoms with Crippen LogP contribution in [-0.2, 0) is 9.59 Å². The standard InChI is InChI=1S/C18H19ClN2O2/c1-3-12(2)15-6-4-5-7-16(15)21-18(23)17(22)20-14-10-8-13(19)9-11-14/h4-12H,3H2,1-2H3,(H,20,22)(H,21,23). The van der Waals surface area contributed by atoms with Crippen molar-refractivity contribution in [2.24, 2.45) is 0 Å². The van der Waals surface area contributed by atoms with E-state index in [1.165, 1.54) is 0 Å². The lowest BCUT2D eigenvalue weighted by atomic mass is 9.97. The van der Waals surface area contributed by atoms with Gasteiger partial charge in [-0.2, -0.15) is 0 Å². The van der Waals surface area contributed by atoms with Gasteiger partial charge in [-0.3, -0.25) is 9.59 Å². The average molecular weight is 331 g/mol. The lowest BCUT2D eigenvalue weighted by Gasteiger charge is -2.15. The van der Waals surface area contributed by atoms with Crippen LogP contribution in [0.15, 0.2) is 48.5 Å². The summed E-state index contributed by atoms with van der Waals surface area (Å²) in [7, 11) is 0. The van der Waals surface area contributed by atoms with Gasteiger partial charge in [0.25, 0.3) is 0 Å². The largest absolute Gasteiger partial charge is 0.318 e. The number of halogens is 1. The Balaban J connectivity index is 2.07.